The van der Waals surface area contributed by atoms with Gasteiger partial charge in [0, 0.05) is 5.25 Å². The monoisotopic (exact) mass is 196 g/mol. The minimum Gasteiger partial charge on any atom is -0.496 e. The molecule has 0 aromatic heterocycles. The van der Waals surface area contributed by atoms with Crippen molar-refractivity contribution in [3.8, 4) is 5.75 Å². The van der Waals surface area contributed by atoms with Crippen LogP contribution in [0.2, 0.25) is 0 Å². The minimum atomic E-state index is 0.649. The van der Waals surface area contributed by atoms with Gasteiger partial charge in [-0.3, -0.25) is 0 Å². The Morgan fingerprint density at radius 1 is 1.38 bits per heavy atom. The molecule has 13 heavy (non-hydrogen) atoms. The highest BCUT2D eigenvalue weighted by Crippen LogP contribution is 2.21. The Morgan fingerprint density at radius 3 is 2.69 bits per heavy atom. The summed E-state index contributed by atoms with van der Waals surface area (Å²) in [5.74, 6) is 1.00. The predicted molar refractivity (Wildman–Crippen MR) is 59.7 cm³/mol. The van der Waals surface area contributed by atoms with Crippen LogP contribution in [0.5, 0.6) is 5.75 Å². The fourth-order valence-electron chi connectivity index (χ4n) is 1.26. The summed E-state index contributed by atoms with van der Waals surface area (Å²) in [5.41, 5.74) is 1.30. The van der Waals surface area contributed by atoms with E-state index in [1.54, 1.807) is 7.11 Å². The molecule has 1 unspecified atom stereocenters. The number of methoxy groups -OCH3 is 1. The molecule has 0 heterocycles. The van der Waals surface area contributed by atoms with Crippen molar-refractivity contribution >= 4 is 11.8 Å². The van der Waals surface area contributed by atoms with Crippen LogP contribution in [0.15, 0.2) is 24.3 Å². The highest BCUT2D eigenvalue weighted by Gasteiger charge is 2.05. The van der Waals surface area contributed by atoms with Gasteiger partial charge in [-0.25, -0.2) is 0 Å². The lowest BCUT2D eigenvalue weighted by Gasteiger charge is -2.11. The molecular formula is C11H16OS. The number of rotatable bonds is 4. The first-order valence-corrected chi connectivity index (χ1v) is 5.71. The summed E-state index contributed by atoms with van der Waals surface area (Å²) in [7, 11) is 1.72. The fourth-order valence-corrected chi connectivity index (χ4v) is 1.61. The zero-order valence-corrected chi connectivity index (χ0v) is 9.23. The summed E-state index contributed by atoms with van der Waals surface area (Å²) in [4.78, 5) is 0. The van der Waals surface area contributed by atoms with Gasteiger partial charge in [-0.1, -0.05) is 25.1 Å². The first-order chi connectivity index (χ1) is 6.27. The Labute approximate surface area is 84.5 Å². The van der Waals surface area contributed by atoms with E-state index in [9.17, 15) is 0 Å². The lowest BCUT2D eigenvalue weighted by Crippen LogP contribution is -2.02. The van der Waals surface area contributed by atoms with Crippen molar-refractivity contribution < 1.29 is 4.74 Å². The molecule has 0 saturated heterocycles. The molecule has 1 rings (SSSR count). The van der Waals surface area contributed by atoms with E-state index in [-0.39, 0.29) is 0 Å². The van der Waals surface area contributed by atoms with Crippen molar-refractivity contribution in [3.63, 3.8) is 0 Å². The molecule has 1 nitrogen and oxygen atoms in total. The quantitative estimate of drug-likeness (QED) is 0.732. The van der Waals surface area contributed by atoms with Gasteiger partial charge in [-0.05, 0) is 24.3 Å². The van der Waals surface area contributed by atoms with E-state index in [0.29, 0.717) is 5.25 Å². The van der Waals surface area contributed by atoms with Crippen LogP contribution in [-0.4, -0.2) is 18.6 Å². The molecule has 0 fully saturated rings. The lowest BCUT2D eigenvalue weighted by molar-refractivity contribution is 0.409. The number of ether oxygens (including phenoxy) is 1. The van der Waals surface area contributed by atoms with E-state index in [1.165, 1.54) is 5.56 Å². The van der Waals surface area contributed by atoms with Crippen LogP contribution in [0, 0.1) is 0 Å². The molecule has 0 bridgehead atoms. The van der Waals surface area contributed by atoms with Crippen LogP contribution in [0.1, 0.15) is 12.5 Å². The van der Waals surface area contributed by atoms with Crippen molar-refractivity contribution in [1.29, 1.82) is 0 Å². The summed E-state index contributed by atoms with van der Waals surface area (Å²) in [6.45, 7) is 2.23. The molecular weight excluding hydrogens is 180 g/mol. The van der Waals surface area contributed by atoms with Gasteiger partial charge in [0.05, 0.1) is 7.11 Å². The van der Waals surface area contributed by atoms with Crippen molar-refractivity contribution in [2.45, 2.75) is 18.6 Å². The van der Waals surface area contributed by atoms with E-state index in [1.807, 2.05) is 23.9 Å². The summed E-state index contributed by atoms with van der Waals surface area (Å²) in [6.07, 6.45) is 3.21. The molecule has 0 spiro atoms. The highest BCUT2D eigenvalue weighted by molar-refractivity contribution is 7.99. The van der Waals surface area contributed by atoms with Crippen LogP contribution in [0.4, 0.5) is 0 Å². The zero-order chi connectivity index (χ0) is 9.68. The molecule has 72 valence electrons. The summed E-state index contributed by atoms with van der Waals surface area (Å²) in [6, 6.07) is 8.21. The molecule has 1 atom stereocenters. The second-order valence-electron chi connectivity index (χ2n) is 3.06. The molecule has 0 amide bonds. The van der Waals surface area contributed by atoms with Crippen LogP contribution in [-0.2, 0) is 6.42 Å². The molecule has 0 aliphatic carbocycles. The average Bonchev–Trinajstić information content (AvgIpc) is 2.18. The highest BCUT2D eigenvalue weighted by atomic mass is 32.2. The van der Waals surface area contributed by atoms with E-state index in [4.69, 9.17) is 4.74 Å². The number of benzene rings is 1. The molecule has 1 aromatic rings. The molecule has 0 saturated carbocycles. The van der Waals surface area contributed by atoms with E-state index in [2.05, 4.69) is 25.3 Å². The zero-order valence-electron chi connectivity index (χ0n) is 8.41. The summed E-state index contributed by atoms with van der Waals surface area (Å²) in [5, 5.41) is 0.649. The molecule has 1 aromatic carbocycles. The van der Waals surface area contributed by atoms with E-state index < -0.39 is 0 Å². The van der Waals surface area contributed by atoms with Crippen molar-refractivity contribution in [2.24, 2.45) is 0 Å². The normalized spacial score (nSPS) is 12.5. The minimum absolute atomic E-state index is 0.649. The molecule has 0 aliphatic rings. The second kappa shape index (κ2) is 5.18. The topological polar surface area (TPSA) is 9.23 Å². The molecule has 0 N–H and O–H groups in total. The van der Waals surface area contributed by atoms with Gasteiger partial charge in [0.15, 0.2) is 0 Å². The maximum absolute atomic E-state index is 5.28. The number of para-hydroxylation sites is 1. The van der Waals surface area contributed by atoms with Crippen LogP contribution in [0.25, 0.3) is 0 Å². The summed E-state index contributed by atoms with van der Waals surface area (Å²) >= 11 is 1.88. The van der Waals surface area contributed by atoms with Crippen LogP contribution >= 0.6 is 11.8 Å². The average molecular weight is 196 g/mol. The van der Waals surface area contributed by atoms with E-state index in [0.717, 1.165) is 12.2 Å². The van der Waals surface area contributed by atoms with Gasteiger partial charge in [0.2, 0.25) is 0 Å². The van der Waals surface area contributed by atoms with Crippen molar-refractivity contribution in [2.75, 3.05) is 13.4 Å². The first kappa shape index (κ1) is 10.5. The lowest BCUT2D eigenvalue weighted by atomic mass is 10.1. The third kappa shape index (κ3) is 2.96. The Bertz CT molecular complexity index is 260. The Balaban J connectivity index is 2.74. The molecule has 0 aliphatic heterocycles. The molecule has 0 radical (unpaired) electrons. The SMILES string of the molecule is COc1ccccc1CC(C)SC. The van der Waals surface area contributed by atoms with Crippen LogP contribution < -0.4 is 4.74 Å². The smallest absolute Gasteiger partial charge is 0.122 e. The Kier molecular flexibility index (Phi) is 4.16. The fraction of sp³-hybridized carbons (Fsp3) is 0.455. The number of hydrogen-bond acceptors (Lipinski definition) is 2. The van der Waals surface area contributed by atoms with Gasteiger partial charge in [0.25, 0.3) is 0 Å². The van der Waals surface area contributed by atoms with Crippen molar-refractivity contribution in [3.05, 3.63) is 29.8 Å². The number of thioether (sulfide) groups is 1. The Morgan fingerprint density at radius 2 is 2.08 bits per heavy atom. The third-order valence-electron chi connectivity index (χ3n) is 2.10. The Hall–Kier alpha value is -0.630. The maximum atomic E-state index is 5.28. The van der Waals surface area contributed by atoms with E-state index >= 15 is 0 Å². The van der Waals surface area contributed by atoms with Gasteiger partial charge >= 0.3 is 0 Å². The van der Waals surface area contributed by atoms with Crippen LogP contribution in [0.3, 0.4) is 0 Å². The van der Waals surface area contributed by atoms with Gasteiger partial charge in [-0.15, -0.1) is 0 Å². The second-order valence-corrected chi connectivity index (χ2v) is 4.34. The third-order valence-corrected chi connectivity index (χ3v) is 3.07. The predicted octanol–water partition coefficient (Wildman–Crippen LogP) is 2.99. The maximum Gasteiger partial charge on any atom is 0.122 e. The first-order valence-electron chi connectivity index (χ1n) is 4.42. The number of hydrogen-bond donors (Lipinski definition) is 0. The standard InChI is InChI=1S/C11H16OS/c1-9(13-3)8-10-6-4-5-7-11(10)12-2/h4-7,9H,8H2,1-3H3. The summed E-state index contributed by atoms with van der Waals surface area (Å²) < 4.78 is 5.28. The largest absolute Gasteiger partial charge is 0.496 e. The van der Waals surface area contributed by atoms with Gasteiger partial charge in [-0.2, -0.15) is 11.8 Å². The van der Waals surface area contributed by atoms with Crippen molar-refractivity contribution in [1.82, 2.24) is 0 Å². The van der Waals surface area contributed by atoms with Gasteiger partial charge < -0.3 is 4.74 Å². The molecule has 2 heteroatoms. The van der Waals surface area contributed by atoms with Gasteiger partial charge in [0.1, 0.15) is 5.75 Å².